The Morgan fingerprint density at radius 2 is 2.00 bits per heavy atom. The summed E-state index contributed by atoms with van der Waals surface area (Å²) in [4.78, 5) is 12.2. The molecule has 1 heterocycles. The Balaban J connectivity index is 2.62. The molecule has 1 amide bonds. The Bertz CT molecular complexity index is 336. The third-order valence-corrected chi connectivity index (χ3v) is 4.26. The molecule has 0 aromatic rings. The number of carbonyl (C=O) groups excluding carboxylic acids is 1. The highest BCUT2D eigenvalue weighted by Crippen LogP contribution is 2.31. The van der Waals surface area contributed by atoms with Crippen molar-refractivity contribution in [2.75, 3.05) is 19.8 Å². The summed E-state index contributed by atoms with van der Waals surface area (Å²) in [6.45, 7) is 10.1. The minimum absolute atomic E-state index is 0.0392. The van der Waals surface area contributed by atoms with Crippen LogP contribution in [0.3, 0.4) is 0 Å². The molecule has 1 aliphatic heterocycles. The van der Waals surface area contributed by atoms with Crippen molar-refractivity contribution in [3.63, 3.8) is 0 Å². The van der Waals surface area contributed by atoms with Gasteiger partial charge < -0.3 is 10.1 Å². The van der Waals surface area contributed by atoms with E-state index in [0.717, 1.165) is 0 Å². The average molecular weight is 252 g/mol. The lowest BCUT2D eigenvalue weighted by molar-refractivity contribution is -0.132. The highest BCUT2D eigenvalue weighted by Gasteiger charge is 2.41. The first kappa shape index (κ1) is 15.0. The number of nitrogens with one attached hydrogen (secondary N) is 1. The van der Waals surface area contributed by atoms with Crippen molar-refractivity contribution < 1.29 is 9.53 Å². The van der Waals surface area contributed by atoms with Crippen molar-refractivity contribution in [2.45, 2.75) is 40.5 Å². The van der Waals surface area contributed by atoms with Crippen LogP contribution in [0.2, 0.25) is 0 Å². The van der Waals surface area contributed by atoms with Crippen molar-refractivity contribution in [3.8, 4) is 6.07 Å². The zero-order valence-corrected chi connectivity index (χ0v) is 11.9. The molecular weight excluding hydrogens is 228 g/mol. The highest BCUT2D eigenvalue weighted by molar-refractivity contribution is 5.85. The van der Waals surface area contributed by atoms with Crippen LogP contribution in [0.25, 0.3) is 0 Å². The fraction of sp³-hybridized carbons (Fsp3) is 0.857. The summed E-state index contributed by atoms with van der Waals surface area (Å²) < 4.78 is 5.23. The van der Waals surface area contributed by atoms with Gasteiger partial charge >= 0.3 is 0 Å². The SMILES string of the molecule is CC(C)C(C)(C)CNC(=O)C1(C#N)CCOCC1. The predicted molar refractivity (Wildman–Crippen MR) is 69.7 cm³/mol. The largest absolute Gasteiger partial charge is 0.381 e. The van der Waals surface area contributed by atoms with Crippen LogP contribution >= 0.6 is 0 Å². The lowest BCUT2D eigenvalue weighted by atomic mass is 9.78. The summed E-state index contributed by atoms with van der Waals surface area (Å²) in [5.74, 6) is 0.340. The fourth-order valence-electron chi connectivity index (χ4n) is 1.79. The van der Waals surface area contributed by atoms with Crippen LogP contribution < -0.4 is 5.32 Å². The molecule has 0 bridgehead atoms. The first-order valence-electron chi connectivity index (χ1n) is 6.61. The maximum atomic E-state index is 12.2. The lowest BCUT2D eigenvalue weighted by Crippen LogP contribution is -2.47. The van der Waals surface area contributed by atoms with Crippen molar-refractivity contribution >= 4 is 5.91 Å². The molecule has 18 heavy (non-hydrogen) atoms. The number of hydrogen-bond acceptors (Lipinski definition) is 3. The number of hydrogen-bond donors (Lipinski definition) is 1. The summed E-state index contributed by atoms with van der Waals surface area (Å²) in [6.07, 6.45) is 0.995. The van der Waals surface area contributed by atoms with E-state index in [-0.39, 0.29) is 11.3 Å². The van der Waals surface area contributed by atoms with Crippen molar-refractivity contribution in [2.24, 2.45) is 16.7 Å². The van der Waals surface area contributed by atoms with Gasteiger partial charge in [0.1, 0.15) is 5.41 Å². The molecule has 0 aliphatic carbocycles. The zero-order valence-electron chi connectivity index (χ0n) is 11.9. The number of rotatable bonds is 4. The van der Waals surface area contributed by atoms with Crippen LogP contribution in [0, 0.1) is 28.1 Å². The summed E-state index contributed by atoms with van der Waals surface area (Å²) in [6, 6.07) is 2.19. The van der Waals surface area contributed by atoms with E-state index in [1.165, 1.54) is 0 Å². The fourth-order valence-corrected chi connectivity index (χ4v) is 1.79. The third kappa shape index (κ3) is 3.23. The average Bonchev–Trinajstić information content (AvgIpc) is 2.36. The van der Waals surface area contributed by atoms with Gasteiger partial charge in [-0.2, -0.15) is 5.26 Å². The molecule has 102 valence electrons. The molecule has 0 radical (unpaired) electrons. The van der Waals surface area contributed by atoms with Gasteiger partial charge in [0.15, 0.2) is 0 Å². The molecule has 0 atom stereocenters. The van der Waals surface area contributed by atoms with E-state index in [0.29, 0.717) is 38.5 Å². The van der Waals surface area contributed by atoms with E-state index < -0.39 is 5.41 Å². The number of carbonyl (C=O) groups is 1. The van der Waals surface area contributed by atoms with Gasteiger partial charge in [0.2, 0.25) is 5.91 Å². The molecule has 1 N–H and O–H groups in total. The van der Waals surface area contributed by atoms with Gasteiger partial charge in [-0.15, -0.1) is 0 Å². The molecule has 1 rings (SSSR count). The van der Waals surface area contributed by atoms with E-state index in [9.17, 15) is 10.1 Å². The Morgan fingerprint density at radius 3 is 2.44 bits per heavy atom. The van der Waals surface area contributed by atoms with Crippen molar-refractivity contribution in [1.29, 1.82) is 5.26 Å². The van der Waals surface area contributed by atoms with Crippen molar-refractivity contribution in [1.82, 2.24) is 5.32 Å². The second-order valence-electron chi connectivity index (χ2n) is 6.13. The monoisotopic (exact) mass is 252 g/mol. The number of amides is 1. The summed E-state index contributed by atoms with van der Waals surface area (Å²) >= 11 is 0. The van der Waals surface area contributed by atoms with Crippen LogP contribution in [0.4, 0.5) is 0 Å². The molecule has 1 fully saturated rings. The van der Waals surface area contributed by atoms with Crippen LogP contribution in [-0.2, 0) is 9.53 Å². The van der Waals surface area contributed by atoms with E-state index in [1.54, 1.807) is 0 Å². The van der Waals surface area contributed by atoms with E-state index in [2.05, 4.69) is 39.1 Å². The first-order valence-corrected chi connectivity index (χ1v) is 6.61. The third-order valence-electron chi connectivity index (χ3n) is 4.26. The second-order valence-corrected chi connectivity index (χ2v) is 6.13. The predicted octanol–water partition coefficient (Wildman–Crippen LogP) is 2.11. The van der Waals surface area contributed by atoms with Crippen molar-refractivity contribution in [3.05, 3.63) is 0 Å². The summed E-state index contributed by atoms with van der Waals surface area (Å²) in [5.41, 5.74) is -0.844. The van der Waals surface area contributed by atoms with Crippen LogP contribution in [0.1, 0.15) is 40.5 Å². The molecular formula is C14H24N2O2. The Kier molecular flexibility index (Phi) is 4.75. The molecule has 0 aromatic carbocycles. The zero-order chi connectivity index (χ0) is 13.8. The van der Waals surface area contributed by atoms with Crippen LogP contribution in [0.15, 0.2) is 0 Å². The van der Waals surface area contributed by atoms with Gasteiger partial charge in [0, 0.05) is 19.8 Å². The molecule has 4 nitrogen and oxygen atoms in total. The molecule has 0 spiro atoms. The Morgan fingerprint density at radius 1 is 1.44 bits per heavy atom. The Hall–Kier alpha value is -1.08. The Labute approximate surface area is 110 Å². The first-order chi connectivity index (χ1) is 8.34. The quantitative estimate of drug-likeness (QED) is 0.833. The number of nitrogens with zero attached hydrogens (tertiary/aromatic N) is 1. The molecule has 1 saturated heterocycles. The highest BCUT2D eigenvalue weighted by atomic mass is 16.5. The van der Waals surface area contributed by atoms with Crippen LogP contribution in [-0.4, -0.2) is 25.7 Å². The summed E-state index contributed by atoms with van der Waals surface area (Å²) in [7, 11) is 0. The molecule has 0 unspecified atom stereocenters. The smallest absolute Gasteiger partial charge is 0.240 e. The normalized spacial score (nSPS) is 19.3. The van der Waals surface area contributed by atoms with Gasteiger partial charge in [0.25, 0.3) is 0 Å². The maximum absolute atomic E-state index is 12.2. The van der Waals surface area contributed by atoms with E-state index >= 15 is 0 Å². The second kappa shape index (κ2) is 5.71. The van der Waals surface area contributed by atoms with Gasteiger partial charge in [0.05, 0.1) is 6.07 Å². The minimum Gasteiger partial charge on any atom is -0.381 e. The van der Waals surface area contributed by atoms with E-state index in [4.69, 9.17) is 4.74 Å². The maximum Gasteiger partial charge on any atom is 0.240 e. The van der Waals surface area contributed by atoms with Crippen LogP contribution in [0.5, 0.6) is 0 Å². The molecule has 0 aromatic heterocycles. The molecule has 1 aliphatic rings. The summed E-state index contributed by atoms with van der Waals surface area (Å²) in [5, 5.41) is 12.2. The topological polar surface area (TPSA) is 62.1 Å². The standard InChI is InChI=1S/C14H24N2O2/c1-11(2)13(3,4)10-16-12(17)14(9-15)5-7-18-8-6-14/h11H,5-8,10H2,1-4H3,(H,16,17). The van der Waals surface area contributed by atoms with Gasteiger partial charge in [-0.05, 0) is 24.2 Å². The number of ether oxygens (including phenoxy) is 1. The molecule has 4 heteroatoms. The minimum atomic E-state index is -0.884. The van der Waals surface area contributed by atoms with Gasteiger partial charge in [-0.3, -0.25) is 4.79 Å². The lowest BCUT2D eigenvalue weighted by Gasteiger charge is -2.33. The molecule has 0 saturated carbocycles. The number of nitriles is 1. The van der Waals surface area contributed by atoms with Gasteiger partial charge in [-0.25, -0.2) is 0 Å². The van der Waals surface area contributed by atoms with Gasteiger partial charge in [-0.1, -0.05) is 27.7 Å². The van der Waals surface area contributed by atoms with E-state index in [1.807, 2.05) is 0 Å².